The van der Waals surface area contributed by atoms with E-state index in [4.69, 9.17) is 8.83 Å². The molecule has 3 heterocycles. The average Bonchev–Trinajstić information content (AvgIpc) is 2.96. The Morgan fingerprint density at radius 2 is 2.05 bits per heavy atom. The molecule has 1 saturated heterocycles. The van der Waals surface area contributed by atoms with Gasteiger partial charge < -0.3 is 8.83 Å². The Morgan fingerprint density at radius 3 is 2.74 bits per heavy atom. The molecule has 0 amide bonds. The molecule has 1 aliphatic rings. The van der Waals surface area contributed by atoms with Gasteiger partial charge in [0, 0.05) is 13.1 Å². The zero-order valence-corrected chi connectivity index (χ0v) is 11.4. The monoisotopic (exact) mass is 261 g/mol. The first-order valence-corrected chi connectivity index (χ1v) is 6.79. The van der Waals surface area contributed by atoms with Crippen molar-refractivity contribution in [2.45, 2.75) is 26.8 Å². The molecule has 1 aliphatic heterocycles. The number of rotatable bonds is 3. The Hall–Kier alpha value is -1.62. The molecule has 2 unspecified atom stereocenters. The molecule has 0 spiro atoms. The number of piperidine rings is 1. The van der Waals surface area contributed by atoms with E-state index in [0.717, 1.165) is 31.5 Å². The second kappa shape index (κ2) is 5.17. The zero-order valence-electron chi connectivity index (χ0n) is 11.4. The van der Waals surface area contributed by atoms with Crippen LogP contribution < -0.4 is 0 Å². The maximum Gasteiger partial charge on any atom is 0.283 e. The number of hydrogen-bond donors (Lipinski definition) is 0. The summed E-state index contributed by atoms with van der Waals surface area (Å²) in [5, 5.41) is 8.12. The van der Waals surface area contributed by atoms with Gasteiger partial charge in [0.2, 0.25) is 5.89 Å². The molecule has 0 aromatic carbocycles. The van der Waals surface area contributed by atoms with Gasteiger partial charge in [-0.1, -0.05) is 13.8 Å². The van der Waals surface area contributed by atoms with E-state index in [2.05, 4.69) is 28.9 Å². The predicted octanol–water partition coefficient (Wildman–Crippen LogP) is 2.81. The Balaban J connectivity index is 1.67. The van der Waals surface area contributed by atoms with Crippen LogP contribution in [0.25, 0.3) is 11.7 Å². The molecule has 0 aliphatic carbocycles. The summed E-state index contributed by atoms with van der Waals surface area (Å²) < 4.78 is 10.9. The number of furan rings is 1. The number of nitrogens with zero attached hydrogens (tertiary/aromatic N) is 3. The standard InChI is InChI=1S/C14H19N3O2/c1-10-6-11(2)8-17(7-10)9-13-15-16-14(19-13)12-4-3-5-18-12/h3-5,10-11H,6-9H2,1-2H3. The molecule has 5 heteroatoms. The second-order valence-corrected chi connectivity index (χ2v) is 5.62. The summed E-state index contributed by atoms with van der Waals surface area (Å²) in [6, 6.07) is 3.63. The quantitative estimate of drug-likeness (QED) is 0.850. The third kappa shape index (κ3) is 2.87. The van der Waals surface area contributed by atoms with Crippen molar-refractivity contribution < 1.29 is 8.83 Å². The summed E-state index contributed by atoms with van der Waals surface area (Å²) in [7, 11) is 0. The van der Waals surface area contributed by atoms with Crippen LogP contribution in [-0.4, -0.2) is 28.2 Å². The minimum Gasteiger partial charge on any atom is -0.459 e. The van der Waals surface area contributed by atoms with E-state index in [0.29, 0.717) is 17.5 Å². The van der Waals surface area contributed by atoms with E-state index < -0.39 is 0 Å². The zero-order chi connectivity index (χ0) is 13.2. The molecule has 0 radical (unpaired) electrons. The van der Waals surface area contributed by atoms with Crippen molar-refractivity contribution in [1.82, 2.24) is 15.1 Å². The smallest absolute Gasteiger partial charge is 0.283 e. The van der Waals surface area contributed by atoms with Crippen LogP contribution in [0.5, 0.6) is 0 Å². The van der Waals surface area contributed by atoms with Crippen LogP contribution in [-0.2, 0) is 6.54 Å². The van der Waals surface area contributed by atoms with Crippen molar-refractivity contribution in [3.63, 3.8) is 0 Å². The largest absolute Gasteiger partial charge is 0.459 e. The molecular formula is C14H19N3O2. The summed E-state index contributed by atoms with van der Waals surface area (Å²) in [5.74, 6) is 3.21. The van der Waals surface area contributed by atoms with E-state index in [9.17, 15) is 0 Å². The van der Waals surface area contributed by atoms with E-state index in [-0.39, 0.29) is 0 Å². The summed E-state index contributed by atoms with van der Waals surface area (Å²) >= 11 is 0. The van der Waals surface area contributed by atoms with Gasteiger partial charge >= 0.3 is 0 Å². The first kappa shape index (κ1) is 12.4. The third-order valence-electron chi connectivity index (χ3n) is 3.50. The van der Waals surface area contributed by atoms with Crippen molar-refractivity contribution in [3.05, 3.63) is 24.3 Å². The predicted molar refractivity (Wildman–Crippen MR) is 70.2 cm³/mol. The van der Waals surface area contributed by atoms with Gasteiger partial charge in [0.25, 0.3) is 5.89 Å². The highest BCUT2D eigenvalue weighted by molar-refractivity contribution is 5.42. The highest BCUT2D eigenvalue weighted by Gasteiger charge is 2.23. The Morgan fingerprint density at radius 1 is 1.26 bits per heavy atom. The van der Waals surface area contributed by atoms with Crippen molar-refractivity contribution >= 4 is 0 Å². The lowest BCUT2D eigenvalue weighted by Crippen LogP contribution is -2.38. The van der Waals surface area contributed by atoms with Crippen molar-refractivity contribution in [2.75, 3.05) is 13.1 Å². The van der Waals surface area contributed by atoms with Crippen LogP contribution in [0.3, 0.4) is 0 Å². The SMILES string of the molecule is CC1CC(C)CN(Cc2nnc(-c3ccco3)o2)C1. The molecule has 2 atom stereocenters. The van der Waals surface area contributed by atoms with Gasteiger partial charge in [-0.05, 0) is 30.4 Å². The van der Waals surface area contributed by atoms with E-state index in [1.54, 1.807) is 6.26 Å². The molecule has 102 valence electrons. The highest BCUT2D eigenvalue weighted by Crippen LogP contribution is 2.23. The minimum atomic E-state index is 0.457. The van der Waals surface area contributed by atoms with Crippen molar-refractivity contribution in [1.29, 1.82) is 0 Å². The van der Waals surface area contributed by atoms with Gasteiger partial charge in [0.1, 0.15) is 0 Å². The molecule has 0 bridgehead atoms. The first-order chi connectivity index (χ1) is 9.20. The summed E-state index contributed by atoms with van der Waals surface area (Å²) in [6.07, 6.45) is 2.91. The van der Waals surface area contributed by atoms with Gasteiger partial charge in [-0.15, -0.1) is 10.2 Å². The van der Waals surface area contributed by atoms with Crippen LogP contribution in [0.1, 0.15) is 26.2 Å². The number of hydrogen-bond acceptors (Lipinski definition) is 5. The fourth-order valence-electron chi connectivity index (χ4n) is 2.93. The van der Waals surface area contributed by atoms with Crippen LogP contribution in [0.15, 0.2) is 27.2 Å². The van der Waals surface area contributed by atoms with Gasteiger partial charge in [0.15, 0.2) is 5.76 Å². The van der Waals surface area contributed by atoms with E-state index in [1.807, 2.05) is 12.1 Å². The third-order valence-corrected chi connectivity index (χ3v) is 3.50. The van der Waals surface area contributed by atoms with Gasteiger partial charge in [-0.2, -0.15) is 0 Å². The van der Waals surface area contributed by atoms with Gasteiger partial charge in [-0.25, -0.2) is 0 Å². The van der Waals surface area contributed by atoms with Crippen LogP contribution in [0.4, 0.5) is 0 Å². The van der Waals surface area contributed by atoms with E-state index >= 15 is 0 Å². The Bertz CT molecular complexity index is 511. The van der Waals surface area contributed by atoms with Crippen LogP contribution in [0.2, 0.25) is 0 Å². The molecule has 0 saturated carbocycles. The van der Waals surface area contributed by atoms with Crippen molar-refractivity contribution in [2.24, 2.45) is 11.8 Å². The van der Waals surface area contributed by atoms with Gasteiger partial charge in [0.05, 0.1) is 12.8 Å². The normalized spacial score (nSPS) is 24.7. The average molecular weight is 261 g/mol. The highest BCUT2D eigenvalue weighted by atomic mass is 16.4. The molecule has 2 aromatic rings. The molecular weight excluding hydrogens is 242 g/mol. The topological polar surface area (TPSA) is 55.3 Å². The summed E-state index contributed by atoms with van der Waals surface area (Å²) in [5.41, 5.74) is 0. The molecule has 1 fully saturated rings. The summed E-state index contributed by atoms with van der Waals surface area (Å²) in [6.45, 7) is 7.52. The fourth-order valence-corrected chi connectivity index (χ4v) is 2.93. The van der Waals surface area contributed by atoms with Crippen molar-refractivity contribution in [3.8, 4) is 11.7 Å². The Labute approximate surface area is 112 Å². The maximum absolute atomic E-state index is 5.64. The first-order valence-electron chi connectivity index (χ1n) is 6.79. The molecule has 0 N–H and O–H groups in total. The lowest BCUT2D eigenvalue weighted by molar-refractivity contribution is 0.124. The number of aromatic nitrogens is 2. The van der Waals surface area contributed by atoms with Gasteiger partial charge in [-0.3, -0.25) is 4.90 Å². The summed E-state index contributed by atoms with van der Waals surface area (Å²) in [4.78, 5) is 2.39. The minimum absolute atomic E-state index is 0.457. The van der Waals surface area contributed by atoms with Crippen LogP contribution >= 0.6 is 0 Å². The van der Waals surface area contributed by atoms with Crippen LogP contribution in [0, 0.1) is 11.8 Å². The van der Waals surface area contributed by atoms with E-state index in [1.165, 1.54) is 6.42 Å². The molecule has 5 nitrogen and oxygen atoms in total. The second-order valence-electron chi connectivity index (χ2n) is 5.62. The lowest BCUT2D eigenvalue weighted by Gasteiger charge is -2.33. The molecule has 3 rings (SSSR count). The molecule has 19 heavy (non-hydrogen) atoms. The number of likely N-dealkylation sites (tertiary alicyclic amines) is 1. The maximum atomic E-state index is 5.64. The Kier molecular flexibility index (Phi) is 3.38. The fraction of sp³-hybridized carbons (Fsp3) is 0.571. The molecule has 2 aromatic heterocycles. The lowest BCUT2D eigenvalue weighted by atomic mass is 9.92.